The molecule has 1 aliphatic heterocycles. The molecule has 0 amide bonds. The van der Waals surface area contributed by atoms with Crippen molar-refractivity contribution in [2.45, 2.75) is 6.54 Å². The fraction of sp³-hybridized carbons (Fsp3) is 0.500. The molecular formula is C16H23N5O. The molecule has 0 N–H and O–H groups in total. The van der Waals surface area contributed by atoms with Crippen LogP contribution in [-0.4, -0.2) is 71.2 Å². The van der Waals surface area contributed by atoms with Crippen molar-refractivity contribution in [1.82, 2.24) is 24.8 Å². The van der Waals surface area contributed by atoms with Crippen LogP contribution in [0.2, 0.25) is 0 Å². The van der Waals surface area contributed by atoms with Crippen molar-refractivity contribution in [3.8, 4) is 5.69 Å². The summed E-state index contributed by atoms with van der Waals surface area (Å²) in [6, 6.07) is 9.99. The van der Waals surface area contributed by atoms with Crippen LogP contribution in [0.25, 0.3) is 5.69 Å². The minimum Gasteiger partial charge on any atom is -0.379 e. The largest absolute Gasteiger partial charge is 0.379 e. The molecule has 0 saturated carbocycles. The second-order valence-electron chi connectivity index (χ2n) is 5.65. The van der Waals surface area contributed by atoms with E-state index in [9.17, 15) is 0 Å². The number of hydrogen-bond acceptors (Lipinski definition) is 5. The summed E-state index contributed by atoms with van der Waals surface area (Å²) in [4.78, 5) is 6.42. The molecule has 0 spiro atoms. The SMILES string of the molecule is CN(CCN1CCOCC1)Cc1cnn(-c2ccccc2)n1. The van der Waals surface area contributed by atoms with Crippen LogP contribution in [-0.2, 0) is 11.3 Å². The molecule has 0 bridgehead atoms. The lowest BCUT2D eigenvalue weighted by atomic mass is 10.3. The molecule has 0 radical (unpaired) electrons. The van der Waals surface area contributed by atoms with Crippen LogP contribution >= 0.6 is 0 Å². The minimum absolute atomic E-state index is 0.817. The van der Waals surface area contributed by atoms with Gasteiger partial charge in [0.15, 0.2) is 0 Å². The molecule has 1 fully saturated rings. The topological polar surface area (TPSA) is 46.4 Å². The first-order valence-corrected chi connectivity index (χ1v) is 7.76. The third-order valence-corrected chi connectivity index (χ3v) is 3.86. The van der Waals surface area contributed by atoms with Gasteiger partial charge in [0, 0.05) is 32.7 Å². The molecule has 2 aromatic rings. The van der Waals surface area contributed by atoms with Crippen molar-refractivity contribution >= 4 is 0 Å². The number of para-hydroxylation sites is 1. The van der Waals surface area contributed by atoms with Gasteiger partial charge in [0.25, 0.3) is 0 Å². The smallest absolute Gasteiger partial charge is 0.0971 e. The van der Waals surface area contributed by atoms with E-state index in [1.165, 1.54) is 0 Å². The highest BCUT2D eigenvalue weighted by Crippen LogP contribution is 2.06. The lowest BCUT2D eigenvalue weighted by Gasteiger charge is -2.28. The fourth-order valence-electron chi connectivity index (χ4n) is 2.55. The Bertz CT molecular complexity index is 565. The van der Waals surface area contributed by atoms with E-state index in [1.807, 2.05) is 36.5 Å². The van der Waals surface area contributed by atoms with Crippen LogP contribution in [0.4, 0.5) is 0 Å². The molecule has 6 heteroatoms. The summed E-state index contributed by atoms with van der Waals surface area (Å²) in [7, 11) is 2.13. The van der Waals surface area contributed by atoms with Crippen LogP contribution in [0, 0.1) is 0 Å². The Kier molecular flexibility index (Phi) is 5.15. The monoisotopic (exact) mass is 301 g/mol. The number of aromatic nitrogens is 3. The first-order chi connectivity index (χ1) is 10.8. The van der Waals surface area contributed by atoms with Gasteiger partial charge in [-0.2, -0.15) is 15.0 Å². The maximum absolute atomic E-state index is 5.37. The van der Waals surface area contributed by atoms with Crippen molar-refractivity contribution in [1.29, 1.82) is 0 Å². The van der Waals surface area contributed by atoms with Gasteiger partial charge < -0.3 is 4.74 Å². The van der Waals surface area contributed by atoms with E-state index in [2.05, 4.69) is 27.0 Å². The Labute approximate surface area is 131 Å². The molecule has 1 aliphatic rings. The second-order valence-corrected chi connectivity index (χ2v) is 5.65. The third-order valence-electron chi connectivity index (χ3n) is 3.86. The van der Waals surface area contributed by atoms with Gasteiger partial charge in [-0.05, 0) is 19.2 Å². The molecular weight excluding hydrogens is 278 g/mol. The molecule has 1 aromatic carbocycles. The van der Waals surface area contributed by atoms with Crippen molar-refractivity contribution in [3.63, 3.8) is 0 Å². The van der Waals surface area contributed by atoms with Crippen molar-refractivity contribution in [3.05, 3.63) is 42.2 Å². The highest BCUT2D eigenvalue weighted by atomic mass is 16.5. The van der Waals surface area contributed by atoms with Gasteiger partial charge in [-0.15, -0.1) is 0 Å². The molecule has 2 heterocycles. The highest BCUT2D eigenvalue weighted by Gasteiger charge is 2.11. The zero-order valence-corrected chi connectivity index (χ0v) is 13.1. The molecule has 0 unspecified atom stereocenters. The van der Waals surface area contributed by atoms with Gasteiger partial charge in [0.1, 0.15) is 0 Å². The Hall–Kier alpha value is -1.76. The summed E-state index contributed by atoms with van der Waals surface area (Å²) in [5.74, 6) is 0. The Morgan fingerprint density at radius 1 is 1.18 bits per heavy atom. The van der Waals surface area contributed by atoms with E-state index in [0.717, 1.165) is 57.3 Å². The van der Waals surface area contributed by atoms with Crippen molar-refractivity contribution in [2.24, 2.45) is 0 Å². The molecule has 6 nitrogen and oxygen atoms in total. The number of ether oxygens (including phenoxy) is 1. The predicted octanol–water partition coefficient (Wildman–Crippen LogP) is 1.03. The number of likely N-dealkylation sites (N-methyl/N-ethyl adjacent to an activating group) is 1. The summed E-state index contributed by atoms with van der Waals surface area (Å²) in [6.45, 7) is 6.71. The number of benzene rings is 1. The number of rotatable bonds is 6. The predicted molar refractivity (Wildman–Crippen MR) is 85.0 cm³/mol. The van der Waals surface area contributed by atoms with Crippen molar-refractivity contribution < 1.29 is 4.74 Å². The van der Waals surface area contributed by atoms with Gasteiger partial charge >= 0.3 is 0 Å². The zero-order valence-electron chi connectivity index (χ0n) is 13.1. The summed E-state index contributed by atoms with van der Waals surface area (Å²) in [5.41, 5.74) is 1.98. The Morgan fingerprint density at radius 2 is 1.95 bits per heavy atom. The first kappa shape index (κ1) is 15.1. The standard InChI is InChI=1S/C16H23N5O/c1-19(7-8-20-9-11-22-12-10-20)14-15-13-17-21(18-15)16-5-3-2-4-6-16/h2-6,13H,7-12,14H2,1H3. The Morgan fingerprint density at radius 3 is 2.73 bits per heavy atom. The van der Waals surface area contributed by atoms with Crippen LogP contribution in [0.3, 0.4) is 0 Å². The average Bonchev–Trinajstić information content (AvgIpc) is 3.03. The van der Waals surface area contributed by atoms with Crippen LogP contribution in [0.1, 0.15) is 5.69 Å². The maximum atomic E-state index is 5.37. The van der Waals surface area contributed by atoms with Gasteiger partial charge in [-0.1, -0.05) is 18.2 Å². The van der Waals surface area contributed by atoms with Gasteiger partial charge in [0.05, 0.1) is 30.8 Å². The van der Waals surface area contributed by atoms with E-state index in [0.29, 0.717) is 0 Å². The number of hydrogen-bond donors (Lipinski definition) is 0. The van der Waals surface area contributed by atoms with Gasteiger partial charge in [-0.25, -0.2) is 0 Å². The number of morpholine rings is 1. The fourth-order valence-corrected chi connectivity index (χ4v) is 2.55. The van der Waals surface area contributed by atoms with E-state index in [1.54, 1.807) is 4.80 Å². The van der Waals surface area contributed by atoms with Crippen LogP contribution in [0.5, 0.6) is 0 Å². The quantitative estimate of drug-likeness (QED) is 0.797. The molecule has 1 saturated heterocycles. The van der Waals surface area contributed by atoms with E-state index >= 15 is 0 Å². The maximum Gasteiger partial charge on any atom is 0.0971 e. The van der Waals surface area contributed by atoms with Crippen molar-refractivity contribution in [2.75, 3.05) is 46.4 Å². The lowest BCUT2D eigenvalue weighted by Crippen LogP contribution is -2.40. The molecule has 0 atom stereocenters. The summed E-state index contributed by atoms with van der Waals surface area (Å²) < 4.78 is 5.37. The van der Waals surface area contributed by atoms with E-state index in [4.69, 9.17) is 4.74 Å². The molecule has 0 aliphatic carbocycles. The second kappa shape index (κ2) is 7.49. The lowest BCUT2D eigenvalue weighted by molar-refractivity contribution is 0.0341. The van der Waals surface area contributed by atoms with Gasteiger partial charge in [-0.3, -0.25) is 9.80 Å². The zero-order chi connectivity index (χ0) is 15.2. The molecule has 22 heavy (non-hydrogen) atoms. The number of nitrogens with zero attached hydrogens (tertiary/aromatic N) is 5. The minimum atomic E-state index is 0.817. The third kappa shape index (κ3) is 4.13. The van der Waals surface area contributed by atoms with Gasteiger partial charge in [0.2, 0.25) is 0 Å². The van der Waals surface area contributed by atoms with E-state index < -0.39 is 0 Å². The highest BCUT2D eigenvalue weighted by molar-refractivity contribution is 5.28. The molecule has 118 valence electrons. The summed E-state index contributed by atoms with van der Waals surface area (Å²) >= 11 is 0. The van der Waals surface area contributed by atoms with Crippen LogP contribution < -0.4 is 0 Å². The Balaban J connectivity index is 1.49. The molecule has 3 rings (SSSR count). The first-order valence-electron chi connectivity index (χ1n) is 7.76. The summed E-state index contributed by atoms with van der Waals surface area (Å²) in [5, 5.41) is 8.89. The average molecular weight is 301 g/mol. The molecule has 1 aromatic heterocycles. The van der Waals surface area contributed by atoms with E-state index in [-0.39, 0.29) is 0 Å². The van der Waals surface area contributed by atoms with Crippen LogP contribution in [0.15, 0.2) is 36.5 Å². The normalized spacial score (nSPS) is 16.3. The summed E-state index contributed by atoms with van der Waals surface area (Å²) in [6.07, 6.45) is 1.85.